The lowest BCUT2D eigenvalue weighted by molar-refractivity contribution is 1.36. The molecule has 0 radical (unpaired) electrons. The SMILES string of the molecule is Cc1c(-c2ccccc2)sc2cnc(-c3ccccc3)cc12. The number of hydrogen-bond acceptors (Lipinski definition) is 2. The lowest BCUT2D eigenvalue weighted by atomic mass is 10.1. The third-order valence-electron chi connectivity index (χ3n) is 3.93. The molecule has 4 aromatic rings. The molecule has 0 amide bonds. The number of pyridine rings is 1. The molecule has 4 rings (SSSR count). The van der Waals surface area contributed by atoms with Gasteiger partial charge in [-0.3, -0.25) is 4.98 Å². The lowest BCUT2D eigenvalue weighted by Crippen LogP contribution is -1.82. The van der Waals surface area contributed by atoms with Crippen molar-refractivity contribution in [3.8, 4) is 21.7 Å². The van der Waals surface area contributed by atoms with E-state index in [0.29, 0.717) is 0 Å². The number of rotatable bonds is 2. The Morgan fingerprint density at radius 2 is 1.45 bits per heavy atom. The van der Waals surface area contributed by atoms with Crippen molar-refractivity contribution in [2.75, 3.05) is 0 Å². The van der Waals surface area contributed by atoms with Gasteiger partial charge in [-0.1, -0.05) is 60.7 Å². The summed E-state index contributed by atoms with van der Waals surface area (Å²) in [5, 5.41) is 1.30. The summed E-state index contributed by atoms with van der Waals surface area (Å²) >= 11 is 1.82. The number of benzene rings is 2. The van der Waals surface area contributed by atoms with E-state index >= 15 is 0 Å². The Kier molecular flexibility index (Phi) is 3.24. The Hall–Kier alpha value is -2.45. The molecule has 0 spiro atoms. The highest BCUT2D eigenvalue weighted by Crippen LogP contribution is 2.38. The molecule has 2 heteroatoms. The van der Waals surface area contributed by atoms with Crippen LogP contribution in [-0.2, 0) is 0 Å². The van der Waals surface area contributed by atoms with Gasteiger partial charge in [-0.15, -0.1) is 11.3 Å². The minimum Gasteiger partial charge on any atom is -0.255 e. The Morgan fingerprint density at radius 1 is 0.818 bits per heavy atom. The summed E-state index contributed by atoms with van der Waals surface area (Å²) in [7, 11) is 0. The standard InChI is InChI=1S/C20H15NS/c1-14-17-12-18(15-8-4-2-5-9-15)21-13-19(17)22-20(14)16-10-6-3-7-11-16/h2-13H,1H3. The second-order valence-corrected chi connectivity index (χ2v) is 6.41. The van der Waals surface area contributed by atoms with E-state index < -0.39 is 0 Å². The van der Waals surface area contributed by atoms with Gasteiger partial charge in [-0.2, -0.15) is 0 Å². The summed E-state index contributed by atoms with van der Waals surface area (Å²) in [4.78, 5) is 5.97. The van der Waals surface area contributed by atoms with Crippen LogP contribution in [0.3, 0.4) is 0 Å². The van der Waals surface area contributed by atoms with Crippen LogP contribution in [0.5, 0.6) is 0 Å². The predicted molar refractivity (Wildman–Crippen MR) is 95.2 cm³/mol. The second-order valence-electron chi connectivity index (χ2n) is 5.35. The Morgan fingerprint density at radius 3 is 2.14 bits per heavy atom. The van der Waals surface area contributed by atoms with Crippen molar-refractivity contribution in [1.29, 1.82) is 0 Å². The van der Waals surface area contributed by atoms with Gasteiger partial charge in [-0.05, 0) is 29.5 Å². The summed E-state index contributed by atoms with van der Waals surface area (Å²) in [6.45, 7) is 2.20. The fourth-order valence-electron chi connectivity index (χ4n) is 2.76. The van der Waals surface area contributed by atoms with Crippen LogP contribution < -0.4 is 0 Å². The van der Waals surface area contributed by atoms with Crippen molar-refractivity contribution >= 4 is 21.4 Å². The molecule has 0 atom stereocenters. The number of hydrogen-bond donors (Lipinski definition) is 0. The summed E-state index contributed by atoms with van der Waals surface area (Å²) in [6, 6.07) is 23.1. The van der Waals surface area contributed by atoms with Crippen LogP contribution in [0.15, 0.2) is 72.9 Å². The maximum Gasteiger partial charge on any atom is 0.0709 e. The first kappa shape index (κ1) is 13.2. The average molecular weight is 301 g/mol. The zero-order valence-electron chi connectivity index (χ0n) is 12.3. The van der Waals surface area contributed by atoms with Gasteiger partial charge >= 0.3 is 0 Å². The third-order valence-corrected chi connectivity index (χ3v) is 5.22. The van der Waals surface area contributed by atoms with Crippen molar-refractivity contribution in [2.24, 2.45) is 0 Å². The first-order valence-electron chi connectivity index (χ1n) is 7.33. The maximum absolute atomic E-state index is 4.64. The first-order valence-corrected chi connectivity index (χ1v) is 8.14. The lowest BCUT2D eigenvalue weighted by Gasteiger charge is -2.01. The molecule has 0 aliphatic rings. The van der Waals surface area contributed by atoms with Gasteiger partial charge < -0.3 is 0 Å². The quantitative estimate of drug-likeness (QED) is 0.446. The molecule has 2 aromatic carbocycles. The Bertz CT molecular complexity index is 924. The van der Waals surface area contributed by atoms with Crippen LogP contribution in [0.25, 0.3) is 31.8 Å². The topological polar surface area (TPSA) is 12.9 Å². The number of thiophene rings is 1. The van der Waals surface area contributed by atoms with E-state index in [4.69, 9.17) is 0 Å². The molecule has 0 fully saturated rings. The molecule has 22 heavy (non-hydrogen) atoms. The van der Waals surface area contributed by atoms with Crippen LogP contribution >= 0.6 is 11.3 Å². The molecular formula is C20H15NS. The van der Waals surface area contributed by atoms with Crippen LogP contribution in [0.4, 0.5) is 0 Å². The molecular weight excluding hydrogens is 286 g/mol. The van der Waals surface area contributed by atoms with Gasteiger partial charge in [0.25, 0.3) is 0 Å². The highest BCUT2D eigenvalue weighted by Gasteiger charge is 2.11. The van der Waals surface area contributed by atoms with E-state index in [2.05, 4.69) is 72.6 Å². The van der Waals surface area contributed by atoms with Gasteiger partial charge in [0.2, 0.25) is 0 Å². The molecule has 106 valence electrons. The molecule has 0 bridgehead atoms. The predicted octanol–water partition coefficient (Wildman–Crippen LogP) is 5.94. The fraction of sp³-hybridized carbons (Fsp3) is 0.0500. The molecule has 0 saturated carbocycles. The molecule has 2 heterocycles. The molecule has 1 nitrogen and oxygen atoms in total. The first-order chi connectivity index (χ1) is 10.8. The zero-order valence-corrected chi connectivity index (χ0v) is 13.1. The van der Waals surface area contributed by atoms with Crippen LogP contribution in [0, 0.1) is 6.92 Å². The van der Waals surface area contributed by atoms with Gasteiger partial charge in [0.1, 0.15) is 0 Å². The number of fused-ring (bicyclic) bond motifs is 1. The van der Waals surface area contributed by atoms with Gasteiger partial charge in [0.05, 0.1) is 10.4 Å². The monoisotopic (exact) mass is 301 g/mol. The molecule has 0 unspecified atom stereocenters. The van der Waals surface area contributed by atoms with Crippen molar-refractivity contribution in [2.45, 2.75) is 6.92 Å². The maximum atomic E-state index is 4.64. The largest absolute Gasteiger partial charge is 0.255 e. The van der Waals surface area contributed by atoms with Crippen LogP contribution in [-0.4, -0.2) is 4.98 Å². The summed E-state index contributed by atoms with van der Waals surface area (Å²) in [5.41, 5.74) is 4.82. The van der Waals surface area contributed by atoms with E-state index in [0.717, 1.165) is 11.3 Å². The normalized spacial score (nSPS) is 11.0. The third kappa shape index (κ3) is 2.22. The Labute approximate surface area is 133 Å². The van der Waals surface area contributed by atoms with Crippen molar-refractivity contribution in [3.05, 3.63) is 78.5 Å². The summed E-state index contributed by atoms with van der Waals surface area (Å²) in [5.74, 6) is 0. The second kappa shape index (κ2) is 5.39. The molecule has 0 aliphatic heterocycles. The van der Waals surface area contributed by atoms with Gasteiger partial charge in [0.15, 0.2) is 0 Å². The number of nitrogens with zero attached hydrogens (tertiary/aromatic N) is 1. The van der Waals surface area contributed by atoms with E-state index in [9.17, 15) is 0 Å². The summed E-state index contributed by atoms with van der Waals surface area (Å²) < 4.78 is 1.25. The number of aryl methyl sites for hydroxylation is 1. The highest BCUT2D eigenvalue weighted by molar-refractivity contribution is 7.22. The molecule has 0 saturated heterocycles. The van der Waals surface area contributed by atoms with Crippen molar-refractivity contribution in [3.63, 3.8) is 0 Å². The van der Waals surface area contributed by atoms with E-state index in [1.165, 1.54) is 26.1 Å². The minimum absolute atomic E-state index is 1.04. The highest BCUT2D eigenvalue weighted by atomic mass is 32.1. The zero-order chi connectivity index (χ0) is 14.9. The molecule has 0 aliphatic carbocycles. The van der Waals surface area contributed by atoms with E-state index in [-0.39, 0.29) is 0 Å². The van der Waals surface area contributed by atoms with Crippen LogP contribution in [0.2, 0.25) is 0 Å². The Balaban J connectivity index is 1.89. The van der Waals surface area contributed by atoms with Crippen molar-refractivity contribution < 1.29 is 0 Å². The van der Waals surface area contributed by atoms with Crippen molar-refractivity contribution in [1.82, 2.24) is 4.98 Å². The number of aromatic nitrogens is 1. The average Bonchev–Trinajstić information content (AvgIpc) is 2.93. The summed E-state index contributed by atoms with van der Waals surface area (Å²) in [6.07, 6.45) is 2.00. The minimum atomic E-state index is 1.04. The molecule has 2 aromatic heterocycles. The van der Waals surface area contributed by atoms with Gasteiger partial charge in [0, 0.05) is 16.6 Å². The van der Waals surface area contributed by atoms with E-state index in [1.54, 1.807) is 0 Å². The fourth-order valence-corrected chi connectivity index (χ4v) is 3.92. The van der Waals surface area contributed by atoms with Gasteiger partial charge in [-0.25, -0.2) is 0 Å². The van der Waals surface area contributed by atoms with Crippen LogP contribution in [0.1, 0.15) is 5.56 Å². The molecule has 0 N–H and O–H groups in total. The van der Waals surface area contributed by atoms with E-state index in [1.807, 2.05) is 23.6 Å². The smallest absolute Gasteiger partial charge is 0.0709 e.